The minimum atomic E-state index is 0.381. The van der Waals surface area contributed by atoms with Crippen molar-refractivity contribution < 1.29 is 0 Å². The van der Waals surface area contributed by atoms with Crippen molar-refractivity contribution in [2.75, 3.05) is 0 Å². The van der Waals surface area contributed by atoms with E-state index in [1.165, 1.54) is 0 Å². The molecule has 2 rings (SSSR count). The Morgan fingerprint density at radius 1 is 1.31 bits per heavy atom. The zero-order valence-electron chi connectivity index (χ0n) is 8.15. The normalized spacial score (nSPS) is 11.4. The van der Waals surface area contributed by atoms with Crippen LogP contribution in [0.15, 0.2) is 18.3 Å². The van der Waals surface area contributed by atoms with Crippen LogP contribution in [-0.2, 0) is 0 Å². The smallest absolute Gasteiger partial charge is 0.151 e. The Hall–Kier alpha value is -1.38. The fraction of sp³-hybridized carbons (Fsp3) is 0.400. The molecule has 3 nitrogen and oxygen atoms in total. The van der Waals surface area contributed by atoms with Crippen LogP contribution in [0.5, 0.6) is 0 Å². The lowest BCUT2D eigenvalue weighted by molar-refractivity contribution is 0.712. The fourth-order valence-corrected chi connectivity index (χ4v) is 1.31. The summed E-state index contributed by atoms with van der Waals surface area (Å²) in [4.78, 5) is 4.29. The molecule has 0 amide bonds. The first-order valence-corrected chi connectivity index (χ1v) is 4.50. The molecule has 2 aromatic heterocycles. The molecule has 0 aliphatic heterocycles. The third-order valence-corrected chi connectivity index (χ3v) is 2.12. The van der Waals surface area contributed by atoms with Gasteiger partial charge in [-0.1, -0.05) is 13.8 Å². The van der Waals surface area contributed by atoms with Crippen molar-refractivity contribution in [3.8, 4) is 0 Å². The molecule has 0 aromatic carbocycles. The van der Waals surface area contributed by atoms with E-state index in [4.69, 9.17) is 0 Å². The summed E-state index contributed by atoms with van der Waals surface area (Å²) in [7, 11) is 0. The predicted molar refractivity (Wildman–Crippen MR) is 51.8 cm³/mol. The highest BCUT2D eigenvalue weighted by atomic mass is 15.3. The van der Waals surface area contributed by atoms with Gasteiger partial charge in [-0.05, 0) is 19.1 Å². The van der Waals surface area contributed by atoms with Gasteiger partial charge in [0.05, 0.1) is 11.7 Å². The number of nitrogens with zero attached hydrogens (tertiary/aromatic N) is 3. The summed E-state index contributed by atoms with van der Waals surface area (Å²) >= 11 is 0. The van der Waals surface area contributed by atoms with Gasteiger partial charge >= 0.3 is 0 Å². The number of aromatic nitrogens is 3. The van der Waals surface area contributed by atoms with Crippen LogP contribution in [0.1, 0.15) is 31.3 Å². The van der Waals surface area contributed by atoms with Gasteiger partial charge in [-0.2, -0.15) is 5.10 Å². The topological polar surface area (TPSA) is 30.2 Å². The van der Waals surface area contributed by atoms with Crippen LogP contribution in [0, 0.1) is 6.92 Å². The molecule has 0 radical (unpaired) electrons. The first kappa shape index (κ1) is 8.23. The maximum Gasteiger partial charge on any atom is 0.151 e. The SMILES string of the molecule is Cc1ccc2cnc(C(C)C)nn12. The highest BCUT2D eigenvalue weighted by Gasteiger charge is 2.04. The summed E-state index contributed by atoms with van der Waals surface area (Å²) < 4.78 is 1.93. The number of rotatable bonds is 1. The van der Waals surface area contributed by atoms with Gasteiger partial charge in [0.25, 0.3) is 0 Å². The van der Waals surface area contributed by atoms with Crippen molar-refractivity contribution in [1.29, 1.82) is 0 Å². The molecule has 0 unspecified atom stereocenters. The van der Waals surface area contributed by atoms with Crippen molar-refractivity contribution in [3.63, 3.8) is 0 Å². The fourth-order valence-electron chi connectivity index (χ4n) is 1.31. The van der Waals surface area contributed by atoms with Crippen LogP contribution < -0.4 is 0 Å². The van der Waals surface area contributed by atoms with Gasteiger partial charge in [0, 0.05) is 11.6 Å². The first-order valence-electron chi connectivity index (χ1n) is 4.50. The van der Waals surface area contributed by atoms with Crippen molar-refractivity contribution in [1.82, 2.24) is 14.6 Å². The monoisotopic (exact) mass is 175 g/mol. The highest BCUT2D eigenvalue weighted by Crippen LogP contribution is 2.11. The van der Waals surface area contributed by atoms with Crippen LogP contribution in [0.2, 0.25) is 0 Å². The lowest BCUT2D eigenvalue weighted by atomic mass is 10.2. The number of fused-ring (bicyclic) bond motifs is 1. The van der Waals surface area contributed by atoms with Gasteiger partial charge in [0.15, 0.2) is 5.82 Å². The molecule has 0 fully saturated rings. The number of hydrogen-bond donors (Lipinski definition) is 0. The molecule has 0 aliphatic carbocycles. The average molecular weight is 175 g/mol. The van der Waals surface area contributed by atoms with E-state index in [1.54, 1.807) is 0 Å². The molecular weight excluding hydrogens is 162 g/mol. The van der Waals surface area contributed by atoms with Crippen LogP contribution in [0.3, 0.4) is 0 Å². The van der Waals surface area contributed by atoms with Crippen molar-refractivity contribution in [2.24, 2.45) is 0 Å². The minimum Gasteiger partial charge on any atom is -0.237 e. The number of aryl methyl sites for hydroxylation is 1. The molecule has 0 saturated heterocycles. The van der Waals surface area contributed by atoms with Crippen LogP contribution in [-0.4, -0.2) is 14.6 Å². The summed E-state index contributed by atoms with van der Waals surface area (Å²) in [5.74, 6) is 1.28. The molecule has 0 aliphatic rings. The molecule has 0 N–H and O–H groups in total. The van der Waals surface area contributed by atoms with Crippen molar-refractivity contribution in [3.05, 3.63) is 29.8 Å². The summed E-state index contributed by atoms with van der Waals surface area (Å²) in [5.41, 5.74) is 2.21. The van der Waals surface area contributed by atoms with E-state index in [0.717, 1.165) is 17.0 Å². The molecule has 0 saturated carbocycles. The quantitative estimate of drug-likeness (QED) is 0.664. The number of hydrogen-bond acceptors (Lipinski definition) is 2. The van der Waals surface area contributed by atoms with Gasteiger partial charge in [0.1, 0.15) is 0 Å². The Balaban J connectivity index is 2.66. The summed E-state index contributed by atoms with van der Waals surface area (Å²) in [5, 5.41) is 4.44. The van der Waals surface area contributed by atoms with Gasteiger partial charge in [0.2, 0.25) is 0 Å². The predicted octanol–water partition coefficient (Wildman–Crippen LogP) is 2.16. The average Bonchev–Trinajstić information content (AvgIpc) is 2.47. The maximum absolute atomic E-state index is 4.44. The summed E-state index contributed by atoms with van der Waals surface area (Å²) in [6.45, 7) is 6.24. The first-order chi connectivity index (χ1) is 6.18. The second-order valence-electron chi connectivity index (χ2n) is 3.58. The Labute approximate surface area is 77.4 Å². The van der Waals surface area contributed by atoms with Gasteiger partial charge in [-0.3, -0.25) is 0 Å². The minimum absolute atomic E-state index is 0.381. The second-order valence-corrected chi connectivity index (χ2v) is 3.58. The van der Waals surface area contributed by atoms with Crippen LogP contribution in [0.4, 0.5) is 0 Å². The standard InChI is InChI=1S/C10H13N3/c1-7(2)10-11-6-9-5-4-8(3)13(9)12-10/h4-7H,1-3H3. The van der Waals surface area contributed by atoms with Crippen LogP contribution >= 0.6 is 0 Å². The molecule has 2 heterocycles. The van der Waals surface area contributed by atoms with E-state index in [-0.39, 0.29) is 0 Å². The zero-order valence-corrected chi connectivity index (χ0v) is 8.15. The van der Waals surface area contributed by atoms with E-state index in [9.17, 15) is 0 Å². The molecule has 68 valence electrons. The molecule has 0 bridgehead atoms. The Morgan fingerprint density at radius 3 is 2.77 bits per heavy atom. The molecule has 2 aromatic rings. The molecule has 3 heteroatoms. The van der Waals surface area contributed by atoms with Gasteiger partial charge < -0.3 is 0 Å². The lowest BCUT2D eigenvalue weighted by Crippen LogP contribution is -2.03. The van der Waals surface area contributed by atoms with E-state index < -0.39 is 0 Å². The van der Waals surface area contributed by atoms with Crippen molar-refractivity contribution in [2.45, 2.75) is 26.7 Å². The Morgan fingerprint density at radius 2 is 2.08 bits per heavy atom. The largest absolute Gasteiger partial charge is 0.237 e. The Kier molecular flexibility index (Phi) is 1.79. The summed E-state index contributed by atoms with van der Waals surface area (Å²) in [6.07, 6.45) is 1.87. The highest BCUT2D eigenvalue weighted by molar-refractivity contribution is 5.45. The van der Waals surface area contributed by atoms with E-state index in [2.05, 4.69) is 23.9 Å². The third kappa shape index (κ3) is 1.30. The molecule has 0 atom stereocenters. The van der Waals surface area contributed by atoms with Crippen molar-refractivity contribution >= 4 is 5.52 Å². The summed E-state index contributed by atoms with van der Waals surface area (Å²) in [6, 6.07) is 4.08. The van der Waals surface area contributed by atoms with Crippen LogP contribution in [0.25, 0.3) is 5.52 Å². The maximum atomic E-state index is 4.44. The van der Waals surface area contributed by atoms with E-state index >= 15 is 0 Å². The van der Waals surface area contributed by atoms with Gasteiger partial charge in [-0.25, -0.2) is 9.50 Å². The lowest BCUT2D eigenvalue weighted by Gasteiger charge is -2.03. The third-order valence-electron chi connectivity index (χ3n) is 2.12. The van der Waals surface area contributed by atoms with E-state index in [0.29, 0.717) is 5.92 Å². The molecule has 0 spiro atoms. The zero-order chi connectivity index (χ0) is 9.42. The molecular formula is C10H13N3. The second kappa shape index (κ2) is 2.83. The van der Waals surface area contributed by atoms with E-state index in [1.807, 2.05) is 29.8 Å². The van der Waals surface area contributed by atoms with Gasteiger partial charge in [-0.15, -0.1) is 0 Å². The molecule has 13 heavy (non-hydrogen) atoms. The Bertz CT molecular complexity index is 429.